The van der Waals surface area contributed by atoms with Gasteiger partial charge in [0, 0.05) is 37.7 Å². The molecule has 2 aromatic heterocycles. The summed E-state index contributed by atoms with van der Waals surface area (Å²) >= 11 is 0. The zero-order valence-electron chi connectivity index (χ0n) is 17.3. The number of amides is 2. The lowest BCUT2D eigenvalue weighted by molar-refractivity contribution is -0.116. The van der Waals surface area contributed by atoms with Crippen molar-refractivity contribution in [3.05, 3.63) is 77.2 Å². The maximum atomic E-state index is 12.6. The van der Waals surface area contributed by atoms with Crippen molar-refractivity contribution in [3.8, 4) is 0 Å². The van der Waals surface area contributed by atoms with E-state index in [1.807, 2.05) is 44.2 Å². The van der Waals surface area contributed by atoms with E-state index in [9.17, 15) is 9.59 Å². The van der Waals surface area contributed by atoms with Crippen LogP contribution in [0.5, 0.6) is 0 Å². The second kappa shape index (κ2) is 9.65. The number of rotatable bonds is 7. The van der Waals surface area contributed by atoms with Crippen molar-refractivity contribution >= 4 is 29.0 Å². The molecule has 3 N–H and O–H groups in total. The van der Waals surface area contributed by atoms with Gasteiger partial charge < -0.3 is 16.0 Å². The molecule has 3 aromatic rings. The van der Waals surface area contributed by atoms with Gasteiger partial charge in [-0.15, -0.1) is 0 Å². The van der Waals surface area contributed by atoms with E-state index in [1.54, 1.807) is 25.5 Å². The molecule has 0 fully saturated rings. The van der Waals surface area contributed by atoms with Gasteiger partial charge in [-0.2, -0.15) is 0 Å². The van der Waals surface area contributed by atoms with Gasteiger partial charge >= 0.3 is 0 Å². The van der Waals surface area contributed by atoms with Crippen LogP contribution in [-0.4, -0.2) is 28.8 Å². The number of hydrogen-bond acceptors (Lipinski definition) is 5. The lowest BCUT2D eigenvalue weighted by Crippen LogP contribution is -2.20. The quantitative estimate of drug-likeness (QED) is 0.558. The van der Waals surface area contributed by atoms with Gasteiger partial charge in [0.2, 0.25) is 5.91 Å². The number of hydrogen-bond donors (Lipinski definition) is 3. The highest BCUT2D eigenvalue weighted by molar-refractivity contribution is 5.99. The van der Waals surface area contributed by atoms with Crippen molar-refractivity contribution < 1.29 is 9.59 Å². The summed E-state index contributed by atoms with van der Waals surface area (Å²) in [6.45, 7) is 3.96. The number of aryl methyl sites for hydroxylation is 3. The molecule has 0 aliphatic heterocycles. The van der Waals surface area contributed by atoms with Gasteiger partial charge in [0.15, 0.2) is 5.82 Å². The van der Waals surface area contributed by atoms with E-state index < -0.39 is 0 Å². The van der Waals surface area contributed by atoms with Gasteiger partial charge in [-0.05, 0) is 55.2 Å². The van der Waals surface area contributed by atoms with E-state index in [-0.39, 0.29) is 11.8 Å². The van der Waals surface area contributed by atoms with Gasteiger partial charge in [0.1, 0.15) is 0 Å². The first-order chi connectivity index (χ1) is 14.5. The molecule has 0 saturated heterocycles. The predicted octanol–water partition coefficient (Wildman–Crippen LogP) is 3.77. The molecular formula is C23H25N5O2. The summed E-state index contributed by atoms with van der Waals surface area (Å²) in [6.07, 6.45) is 5.90. The molecule has 30 heavy (non-hydrogen) atoms. The lowest BCUT2D eigenvalue weighted by Gasteiger charge is -2.15. The smallest absolute Gasteiger partial charge is 0.252 e. The molecule has 0 spiro atoms. The lowest BCUT2D eigenvalue weighted by atomic mass is 10.1. The van der Waals surface area contributed by atoms with Crippen molar-refractivity contribution in [1.82, 2.24) is 15.3 Å². The fourth-order valence-corrected chi connectivity index (χ4v) is 3.01. The van der Waals surface area contributed by atoms with Gasteiger partial charge in [0.05, 0.1) is 11.3 Å². The summed E-state index contributed by atoms with van der Waals surface area (Å²) in [4.78, 5) is 33.1. The minimum absolute atomic E-state index is 0.157. The molecule has 7 nitrogen and oxygen atoms in total. The number of benzene rings is 1. The number of carbonyl (C=O) groups excluding carboxylic acids is 2. The maximum Gasteiger partial charge on any atom is 0.252 e. The largest absolute Gasteiger partial charge is 0.355 e. The SMILES string of the molecule is CNC(=O)c1cnc(Nc2ccccc2C)c(NC(=O)CCc2ccncc2C)c1. The van der Waals surface area contributed by atoms with Crippen LogP contribution in [0, 0.1) is 13.8 Å². The Kier molecular flexibility index (Phi) is 6.75. The van der Waals surface area contributed by atoms with Crippen molar-refractivity contribution in [2.45, 2.75) is 26.7 Å². The highest BCUT2D eigenvalue weighted by Gasteiger charge is 2.14. The first kappa shape index (κ1) is 21.0. The number of pyridine rings is 2. The van der Waals surface area contributed by atoms with Crippen LogP contribution in [0.1, 0.15) is 33.5 Å². The molecule has 0 atom stereocenters. The Hall–Kier alpha value is -3.74. The zero-order chi connectivity index (χ0) is 21.5. The summed E-state index contributed by atoms with van der Waals surface area (Å²) in [6, 6.07) is 11.3. The average Bonchev–Trinajstić information content (AvgIpc) is 2.75. The van der Waals surface area contributed by atoms with E-state index in [1.165, 1.54) is 6.20 Å². The fraction of sp³-hybridized carbons (Fsp3) is 0.217. The molecule has 154 valence electrons. The molecule has 0 unspecified atom stereocenters. The van der Waals surface area contributed by atoms with Crippen molar-refractivity contribution in [2.75, 3.05) is 17.7 Å². The molecule has 2 amide bonds. The summed E-state index contributed by atoms with van der Waals surface area (Å²) in [5, 5.41) is 8.72. The monoisotopic (exact) mass is 403 g/mol. The maximum absolute atomic E-state index is 12.6. The van der Waals surface area contributed by atoms with Crippen LogP contribution in [0.15, 0.2) is 55.0 Å². The van der Waals surface area contributed by atoms with Crippen molar-refractivity contribution in [2.24, 2.45) is 0 Å². The van der Waals surface area contributed by atoms with E-state index in [4.69, 9.17) is 0 Å². The average molecular weight is 403 g/mol. The molecule has 0 aliphatic rings. The molecule has 1 aromatic carbocycles. The summed E-state index contributed by atoms with van der Waals surface area (Å²) in [5.41, 5.74) is 4.87. The van der Waals surface area contributed by atoms with Gasteiger partial charge in [-0.3, -0.25) is 14.6 Å². The third kappa shape index (κ3) is 5.20. The first-order valence-corrected chi connectivity index (χ1v) is 9.72. The second-order valence-electron chi connectivity index (χ2n) is 6.99. The summed E-state index contributed by atoms with van der Waals surface area (Å²) in [5.74, 6) is 0.0492. The fourth-order valence-electron chi connectivity index (χ4n) is 3.01. The summed E-state index contributed by atoms with van der Waals surface area (Å²) < 4.78 is 0. The highest BCUT2D eigenvalue weighted by Crippen LogP contribution is 2.26. The molecule has 7 heteroatoms. The minimum Gasteiger partial charge on any atom is -0.355 e. The van der Waals surface area contributed by atoms with E-state index in [0.29, 0.717) is 29.9 Å². The molecular weight excluding hydrogens is 378 g/mol. The Labute approximate surface area is 176 Å². The number of para-hydroxylation sites is 1. The molecule has 0 aliphatic carbocycles. The number of nitrogens with one attached hydrogen (secondary N) is 3. The Morgan fingerprint density at radius 1 is 1.00 bits per heavy atom. The van der Waals surface area contributed by atoms with Crippen LogP contribution in [0.2, 0.25) is 0 Å². The molecule has 0 saturated carbocycles. The normalized spacial score (nSPS) is 10.4. The van der Waals surface area contributed by atoms with Crippen LogP contribution in [-0.2, 0) is 11.2 Å². The van der Waals surface area contributed by atoms with Gasteiger partial charge in [0.25, 0.3) is 5.91 Å². The van der Waals surface area contributed by atoms with Crippen LogP contribution in [0.25, 0.3) is 0 Å². The second-order valence-corrected chi connectivity index (χ2v) is 6.99. The van der Waals surface area contributed by atoms with Crippen LogP contribution >= 0.6 is 0 Å². The third-order valence-electron chi connectivity index (χ3n) is 4.81. The number of carbonyl (C=O) groups is 2. The Balaban J connectivity index is 1.81. The van der Waals surface area contributed by atoms with Crippen molar-refractivity contribution in [1.29, 1.82) is 0 Å². The van der Waals surface area contributed by atoms with Gasteiger partial charge in [-0.1, -0.05) is 18.2 Å². The van der Waals surface area contributed by atoms with Gasteiger partial charge in [-0.25, -0.2) is 4.98 Å². The molecule has 3 rings (SSSR count). The van der Waals surface area contributed by atoms with E-state index in [2.05, 4.69) is 25.9 Å². The highest BCUT2D eigenvalue weighted by atomic mass is 16.2. The van der Waals surface area contributed by atoms with Crippen LogP contribution in [0.4, 0.5) is 17.2 Å². The molecule has 2 heterocycles. The summed E-state index contributed by atoms with van der Waals surface area (Å²) in [7, 11) is 1.55. The Morgan fingerprint density at radius 3 is 2.53 bits per heavy atom. The standard InChI is InChI=1S/C23H25N5O2/c1-15-6-4-5-7-19(15)28-22-20(12-18(14-26-22)23(30)24-3)27-21(29)9-8-17-10-11-25-13-16(17)2/h4-7,10-14H,8-9H2,1-3H3,(H,24,30)(H,26,28)(H,27,29). The predicted molar refractivity (Wildman–Crippen MR) is 118 cm³/mol. The zero-order valence-corrected chi connectivity index (χ0v) is 17.3. The number of aromatic nitrogens is 2. The topological polar surface area (TPSA) is 96.0 Å². The Bertz CT molecular complexity index is 1060. The minimum atomic E-state index is -0.271. The van der Waals surface area contributed by atoms with E-state index in [0.717, 1.165) is 22.4 Å². The van der Waals surface area contributed by atoms with Crippen LogP contribution in [0.3, 0.4) is 0 Å². The number of anilines is 3. The Morgan fingerprint density at radius 2 is 1.80 bits per heavy atom. The van der Waals surface area contributed by atoms with Crippen LogP contribution < -0.4 is 16.0 Å². The van der Waals surface area contributed by atoms with E-state index >= 15 is 0 Å². The third-order valence-corrected chi connectivity index (χ3v) is 4.81. The molecule has 0 radical (unpaired) electrons. The van der Waals surface area contributed by atoms with Crippen molar-refractivity contribution in [3.63, 3.8) is 0 Å². The first-order valence-electron chi connectivity index (χ1n) is 9.72. The number of nitrogens with zero attached hydrogens (tertiary/aromatic N) is 2. The molecule has 0 bridgehead atoms.